The van der Waals surface area contributed by atoms with Crippen molar-refractivity contribution in [3.63, 3.8) is 0 Å². The minimum Gasteiger partial charge on any atom is -0.481 e. The molecule has 1 N–H and O–H groups in total. The zero-order chi connectivity index (χ0) is 17.7. The van der Waals surface area contributed by atoms with Gasteiger partial charge in [0.2, 0.25) is 5.91 Å². The number of hydrogen-bond acceptors (Lipinski definition) is 4. The number of rotatable bonds is 7. The Labute approximate surface area is 140 Å². The van der Waals surface area contributed by atoms with Crippen molar-refractivity contribution >= 4 is 18.0 Å². The molecule has 1 aliphatic rings. The number of carbonyl (C=O) groups is 3. The minimum absolute atomic E-state index is 0.0736. The fourth-order valence-electron chi connectivity index (χ4n) is 2.91. The molecule has 1 aromatic carbocycles. The quantitative estimate of drug-likeness (QED) is 0.777. The summed E-state index contributed by atoms with van der Waals surface area (Å²) in [4.78, 5) is 37.2. The maximum absolute atomic E-state index is 12.9. The van der Waals surface area contributed by atoms with E-state index in [0.717, 1.165) is 10.5 Å². The summed E-state index contributed by atoms with van der Waals surface area (Å²) in [6, 6.07) is 8.56. The van der Waals surface area contributed by atoms with Gasteiger partial charge < -0.3 is 9.84 Å². The van der Waals surface area contributed by atoms with Gasteiger partial charge in [-0.2, -0.15) is 0 Å². The van der Waals surface area contributed by atoms with Crippen molar-refractivity contribution in [1.29, 1.82) is 0 Å². The number of benzene rings is 1. The second-order valence-electron chi connectivity index (χ2n) is 5.92. The molecule has 0 radical (unpaired) electrons. The highest BCUT2D eigenvalue weighted by atomic mass is 16.6. The molecule has 0 spiro atoms. The van der Waals surface area contributed by atoms with Crippen molar-refractivity contribution in [1.82, 2.24) is 4.90 Å². The van der Waals surface area contributed by atoms with Gasteiger partial charge in [0.25, 0.3) is 0 Å². The number of carboxylic acid groups (broad SMARTS) is 1. The Balaban J connectivity index is 2.29. The van der Waals surface area contributed by atoms with E-state index < -0.39 is 29.9 Å². The topological polar surface area (TPSA) is 83.9 Å². The first-order valence-electron chi connectivity index (χ1n) is 7.83. The highest BCUT2D eigenvalue weighted by Gasteiger charge is 2.43. The molecule has 2 rings (SSSR count). The maximum atomic E-state index is 12.9. The van der Waals surface area contributed by atoms with Gasteiger partial charge in [0, 0.05) is 0 Å². The first kappa shape index (κ1) is 17.7. The van der Waals surface area contributed by atoms with Crippen LogP contribution in [0.15, 0.2) is 43.0 Å². The minimum atomic E-state index is -1.08. The molecule has 2 amide bonds. The van der Waals surface area contributed by atoms with Gasteiger partial charge in [0.05, 0.1) is 12.3 Å². The second kappa shape index (κ2) is 7.77. The van der Waals surface area contributed by atoms with Crippen LogP contribution in [-0.4, -0.2) is 34.6 Å². The van der Waals surface area contributed by atoms with E-state index in [1.165, 1.54) is 0 Å². The van der Waals surface area contributed by atoms with E-state index in [0.29, 0.717) is 6.42 Å². The number of aliphatic carboxylic acids is 1. The molecular formula is C18H21NO5. The van der Waals surface area contributed by atoms with Gasteiger partial charge >= 0.3 is 12.1 Å². The largest absolute Gasteiger partial charge is 0.481 e. The zero-order valence-electron chi connectivity index (χ0n) is 13.6. The number of nitrogens with zero attached hydrogens (tertiary/aromatic N) is 1. The van der Waals surface area contributed by atoms with Crippen LogP contribution >= 0.6 is 0 Å². The summed E-state index contributed by atoms with van der Waals surface area (Å²) in [5.74, 6) is -2.63. The number of carboxylic acids is 1. The van der Waals surface area contributed by atoms with E-state index in [2.05, 4.69) is 6.58 Å². The van der Waals surface area contributed by atoms with E-state index in [4.69, 9.17) is 9.84 Å². The molecule has 1 heterocycles. The third-order valence-electron chi connectivity index (χ3n) is 4.23. The van der Waals surface area contributed by atoms with Crippen LogP contribution in [-0.2, 0) is 14.3 Å². The van der Waals surface area contributed by atoms with Crippen LogP contribution in [0.5, 0.6) is 0 Å². The van der Waals surface area contributed by atoms with Crippen molar-refractivity contribution in [2.45, 2.75) is 25.8 Å². The number of amides is 2. The van der Waals surface area contributed by atoms with Crippen LogP contribution in [0, 0.1) is 11.8 Å². The summed E-state index contributed by atoms with van der Waals surface area (Å²) >= 11 is 0. The molecule has 2 unspecified atom stereocenters. The van der Waals surface area contributed by atoms with Crippen molar-refractivity contribution in [3.8, 4) is 0 Å². The Morgan fingerprint density at radius 3 is 2.67 bits per heavy atom. The van der Waals surface area contributed by atoms with E-state index in [1.807, 2.05) is 30.3 Å². The third kappa shape index (κ3) is 3.82. The monoisotopic (exact) mass is 331 g/mol. The molecule has 0 bridgehead atoms. The van der Waals surface area contributed by atoms with Crippen molar-refractivity contribution in [2.24, 2.45) is 11.8 Å². The van der Waals surface area contributed by atoms with Crippen LogP contribution in [0.2, 0.25) is 0 Å². The molecule has 0 aliphatic carbocycles. The Morgan fingerprint density at radius 1 is 1.42 bits per heavy atom. The lowest BCUT2D eigenvalue weighted by molar-refractivity contribution is -0.145. The summed E-state index contributed by atoms with van der Waals surface area (Å²) in [5.41, 5.74) is 0.780. The molecule has 6 heteroatoms. The second-order valence-corrected chi connectivity index (χ2v) is 5.92. The van der Waals surface area contributed by atoms with E-state index in [9.17, 15) is 14.4 Å². The lowest BCUT2D eigenvalue weighted by atomic mass is 9.86. The molecule has 6 nitrogen and oxygen atoms in total. The van der Waals surface area contributed by atoms with Gasteiger partial charge in [0.15, 0.2) is 0 Å². The summed E-state index contributed by atoms with van der Waals surface area (Å²) < 4.78 is 5.05. The molecule has 1 aliphatic heterocycles. The number of hydrogen-bond donors (Lipinski definition) is 1. The first-order valence-corrected chi connectivity index (χ1v) is 7.83. The van der Waals surface area contributed by atoms with Gasteiger partial charge in [-0.3, -0.25) is 9.59 Å². The molecule has 1 saturated heterocycles. The molecule has 1 fully saturated rings. The van der Waals surface area contributed by atoms with Crippen molar-refractivity contribution in [3.05, 3.63) is 48.6 Å². The number of carbonyl (C=O) groups excluding carboxylic acids is 2. The SMILES string of the molecule is C=CCC(C)C(CC(=O)O)C(=O)N1C(=O)OC[C@H]1c1ccccc1. The molecule has 24 heavy (non-hydrogen) atoms. The molecule has 0 aromatic heterocycles. The number of allylic oxidation sites excluding steroid dienone is 1. The summed E-state index contributed by atoms with van der Waals surface area (Å²) in [6.07, 6.45) is 1.07. The third-order valence-corrected chi connectivity index (χ3v) is 4.23. The van der Waals surface area contributed by atoms with E-state index in [-0.39, 0.29) is 18.9 Å². The van der Waals surface area contributed by atoms with Gasteiger partial charge in [-0.05, 0) is 17.9 Å². The number of ether oxygens (including phenoxy) is 1. The Bertz CT molecular complexity index is 628. The van der Waals surface area contributed by atoms with Gasteiger partial charge in [-0.15, -0.1) is 6.58 Å². The standard InChI is InChI=1S/C18H21NO5/c1-3-7-12(2)14(10-16(20)21)17(22)19-15(11-24-18(19)23)13-8-5-4-6-9-13/h3-6,8-9,12,14-15H,1,7,10-11H2,2H3,(H,20,21)/t12?,14?,15-/m0/s1. The van der Waals surface area contributed by atoms with Crippen LogP contribution < -0.4 is 0 Å². The highest BCUT2D eigenvalue weighted by molar-refractivity contribution is 5.96. The number of imide groups is 1. The highest BCUT2D eigenvalue weighted by Crippen LogP contribution is 2.32. The predicted molar refractivity (Wildman–Crippen MR) is 87.1 cm³/mol. The summed E-state index contributed by atoms with van der Waals surface area (Å²) in [5, 5.41) is 9.13. The maximum Gasteiger partial charge on any atom is 0.417 e. The van der Waals surface area contributed by atoms with Crippen LogP contribution in [0.25, 0.3) is 0 Å². The Morgan fingerprint density at radius 2 is 2.08 bits per heavy atom. The fourth-order valence-corrected chi connectivity index (χ4v) is 2.91. The van der Waals surface area contributed by atoms with Crippen molar-refractivity contribution in [2.75, 3.05) is 6.61 Å². The van der Waals surface area contributed by atoms with Gasteiger partial charge in [-0.25, -0.2) is 9.69 Å². The molecular weight excluding hydrogens is 310 g/mol. The zero-order valence-corrected chi connectivity index (χ0v) is 13.6. The van der Waals surface area contributed by atoms with Crippen LogP contribution in [0.1, 0.15) is 31.4 Å². The lowest BCUT2D eigenvalue weighted by Gasteiger charge is -2.27. The lowest BCUT2D eigenvalue weighted by Crippen LogP contribution is -2.41. The first-order chi connectivity index (χ1) is 11.5. The molecule has 1 aromatic rings. The molecule has 3 atom stereocenters. The van der Waals surface area contributed by atoms with Crippen LogP contribution in [0.4, 0.5) is 4.79 Å². The summed E-state index contributed by atoms with van der Waals surface area (Å²) in [6.45, 7) is 5.49. The van der Waals surface area contributed by atoms with E-state index >= 15 is 0 Å². The normalized spacial score (nSPS) is 19.5. The average molecular weight is 331 g/mol. The number of cyclic esters (lactones) is 1. The van der Waals surface area contributed by atoms with Crippen LogP contribution in [0.3, 0.4) is 0 Å². The average Bonchev–Trinajstić information content (AvgIpc) is 2.94. The van der Waals surface area contributed by atoms with Gasteiger partial charge in [0.1, 0.15) is 12.6 Å². The smallest absolute Gasteiger partial charge is 0.417 e. The molecule has 0 saturated carbocycles. The fraction of sp³-hybridized carbons (Fsp3) is 0.389. The molecule has 128 valence electrons. The Hall–Kier alpha value is -2.63. The summed E-state index contributed by atoms with van der Waals surface area (Å²) in [7, 11) is 0. The predicted octanol–water partition coefficient (Wildman–Crippen LogP) is 3.01. The van der Waals surface area contributed by atoms with Gasteiger partial charge in [-0.1, -0.05) is 43.3 Å². The van der Waals surface area contributed by atoms with E-state index in [1.54, 1.807) is 13.0 Å². The van der Waals surface area contributed by atoms with Crippen molar-refractivity contribution < 1.29 is 24.2 Å². The Kier molecular flexibility index (Phi) is 5.73.